The van der Waals surface area contributed by atoms with Crippen molar-refractivity contribution in [3.05, 3.63) is 128 Å². The Hall–Kier alpha value is -6.84. The predicted octanol–water partition coefficient (Wildman–Crippen LogP) is 6.62. The Labute approximate surface area is 390 Å². The maximum absolute atomic E-state index is 14.5. The van der Waals surface area contributed by atoms with E-state index >= 15 is 0 Å². The van der Waals surface area contributed by atoms with E-state index in [2.05, 4.69) is 27.5 Å². The quantitative estimate of drug-likeness (QED) is 0.0704. The molecule has 8 rings (SSSR count). The number of aromatic nitrogens is 2. The number of amides is 6. The van der Waals surface area contributed by atoms with Crippen molar-refractivity contribution in [2.75, 3.05) is 36.4 Å². The molecule has 3 aliphatic rings. The summed E-state index contributed by atoms with van der Waals surface area (Å²) in [5, 5.41) is 9.58. The first-order valence-electron chi connectivity index (χ1n) is 21.8. The Kier molecular flexibility index (Phi) is 13.1. The molecule has 340 valence electrons. The average Bonchev–Trinajstić information content (AvgIpc) is 3.63. The molecule has 0 radical (unpaired) electrons. The lowest BCUT2D eigenvalue weighted by Crippen LogP contribution is -2.54. The van der Waals surface area contributed by atoms with Crippen LogP contribution >= 0.6 is 23.2 Å². The number of halogens is 2. The largest absolute Gasteiger partial charge is 0.354 e. The summed E-state index contributed by atoms with van der Waals surface area (Å²) in [5.74, 6) is -1.78. The molecule has 0 aliphatic carbocycles. The number of nitrogens with one attached hydrogen (secondary N) is 3. The zero-order valence-electron chi connectivity index (χ0n) is 36.7. The predicted molar refractivity (Wildman–Crippen MR) is 253 cm³/mol. The molecule has 4 heterocycles. The third-order valence-electron chi connectivity index (χ3n) is 12.4. The number of carbonyl (C=O) groups excluding carboxylic acids is 6. The number of fused-ring (bicyclic) bond motifs is 2. The van der Waals surface area contributed by atoms with E-state index in [1.54, 1.807) is 53.4 Å². The Morgan fingerprint density at radius 2 is 1.70 bits per heavy atom. The van der Waals surface area contributed by atoms with Crippen LogP contribution < -0.4 is 26.5 Å². The molecule has 0 bridgehead atoms. The summed E-state index contributed by atoms with van der Waals surface area (Å²) in [4.78, 5) is 101. The molecule has 0 spiro atoms. The van der Waals surface area contributed by atoms with Gasteiger partial charge in [0.25, 0.3) is 11.8 Å². The van der Waals surface area contributed by atoms with Gasteiger partial charge in [0, 0.05) is 101 Å². The number of hydrogen-bond acceptors (Lipinski definition) is 9. The molecule has 2 fully saturated rings. The van der Waals surface area contributed by atoms with E-state index < -0.39 is 17.6 Å². The summed E-state index contributed by atoms with van der Waals surface area (Å²) < 4.78 is 1.54. The Bertz CT molecular complexity index is 2920. The molecule has 2 saturated heterocycles. The molecule has 17 heteroatoms. The molecule has 5 aromatic rings. The third-order valence-corrected chi connectivity index (χ3v) is 13.0. The van der Waals surface area contributed by atoms with Crippen LogP contribution in [0.3, 0.4) is 0 Å². The molecule has 3 aliphatic heterocycles. The van der Waals surface area contributed by atoms with Crippen molar-refractivity contribution >= 4 is 81.1 Å². The van der Waals surface area contributed by atoms with Gasteiger partial charge in [0.2, 0.25) is 23.6 Å². The van der Waals surface area contributed by atoms with Gasteiger partial charge in [0.1, 0.15) is 11.9 Å². The Morgan fingerprint density at radius 1 is 0.924 bits per heavy atom. The second kappa shape index (κ2) is 18.9. The number of carbonyl (C=O) groups is 6. The first-order valence-corrected chi connectivity index (χ1v) is 22.6. The van der Waals surface area contributed by atoms with E-state index in [4.69, 9.17) is 23.2 Å². The van der Waals surface area contributed by atoms with Crippen molar-refractivity contribution < 1.29 is 28.8 Å². The number of piperidine rings is 1. The number of benzene rings is 4. The van der Waals surface area contributed by atoms with Crippen LogP contribution in [0.2, 0.25) is 10.0 Å². The molecule has 4 aromatic carbocycles. The molecule has 1 aromatic heterocycles. The summed E-state index contributed by atoms with van der Waals surface area (Å²) in [5.41, 5.74) is 4.32. The van der Waals surface area contributed by atoms with Gasteiger partial charge in [-0.3, -0.25) is 38.7 Å². The van der Waals surface area contributed by atoms with Gasteiger partial charge in [-0.1, -0.05) is 67.9 Å². The van der Waals surface area contributed by atoms with Crippen LogP contribution in [-0.2, 0) is 25.7 Å². The maximum Gasteiger partial charge on any atom is 0.354 e. The minimum atomic E-state index is -0.777. The van der Waals surface area contributed by atoms with Gasteiger partial charge in [-0.15, -0.1) is 0 Å². The van der Waals surface area contributed by atoms with Crippen molar-refractivity contribution in [2.24, 2.45) is 0 Å². The fraction of sp³-hybridized carbons (Fsp3) is 0.306. The van der Waals surface area contributed by atoms with Gasteiger partial charge in [-0.2, -0.15) is 4.98 Å². The van der Waals surface area contributed by atoms with Crippen LogP contribution in [0.4, 0.5) is 11.5 Å². The summed E-state index contributed by atoms with van der Waals surface area (Å²) in [6.07, 6.45) is 2.05. The first kappa shape index (κ1) is 45.7. The topological polar surface area (TPSA) is 183 Å². The highest BCUT2D eigenvalue weighted by molar-refractivity contribution is 6.37. The Balaban J connectivity index is 1.01. The second-order valence-electron chi connectivity index (χ2n) is 17.0. The van der Waals surface area contributed by atoms with Gasteiger partial charge in [0.05, 0.1) is 11.2 Å². The smallest absolute Gasteiger partial charge is 0.352 e. The van der Waals surface area contributed by atoms with Crippen LogP contribution in [0.15, 0.2) is 90.2 Å². The average molecular weight is 932 g/mol. The number of hydrogen-bond donors (Lipinski definition) is 3. The standard InChI is InChI=1S/C49H48Cl2N8O7/c1-5-44(62)56-20-21-57(28(4)25-56)45-34-23-37(51)33(30-10-6-7-12-36(30)50)24-41(34)59(49(66)55-45)39-16-15-29(22-32(39)27(2)3)46(63)52-19-9-14-42(60)53-38-13-8-11-31-35(38)26-58(48(31)65)40-17-18-43(61)54-47(40)64/h5-8,10-13,15-16,22-24,27-28,40H,1,9,14,17-21,25-26H2,2-4H3,(H,52,63)(H,53,60)(H,54,61,64)/t28-,40?/m0/s1. The molecule has 6 amide bonds. The fourth-order valence-corrected chi connectivity index (χ4v) is 9.50. The molecule has 2 atom stereocenters. The number of anilines is 2. The van der Waals surface area contributed by atoms with E-state index in [0.717, 1.165) is 0 Å². The number of imide groups is 1. The number of nitrogens with zero attached hydrogens (tertiary/aromatic N) is 5. The van der Waals surface area contributed by atoms with Gasteiger partial charge < -0.3 is 25.3 Å². The third kappa shape index (κ3) is 8.92. The SMILES string of the molecule is C=CC(=O)N1CCN(c2nc(=O)n(-c3ccc(C(=O)NCCCC(=O)Nc4cccc5c4CN(C4CCC(=O)NC4=O)C5=O)cc3C(C)C)c3cc(-c4ccccc4Cl)c(Cl)cc23)[C@@H](C)C1. The lowest BCUT2D eigenvalue weighted by Gasteiger charge is -2.40. The normalized spacial score (nSPS) is 17.2. The molecular formula is C49H48Cl2N8O7. The summed E-state index contributed by atoms with van der Waals surface area (Å²) >= 11 is 13.7. The number of rotatable bonds is 12. The molecule has 1 unspecified atom stereocenters. The van der Waals surface area contributed by atoms with Crippen LogP contribution in [0.1, 0.15) is 84.2 Å². The highest BCUT2D eigenvalue weighted by atomic mass is 35.5. The van der Waals surface area contributed by atoms with Gasteiger partial charge in [-0.25, -0.2) is 4.79 Å². The molecular weight excluding hydrogens is 883 g/mol. The maximum atomic E-state index is 14.5. The lowest BCUT2D eigenvalue weighted by atomic mass is 9.97. The number of piperazine rings is 1. The summed E-state index contributed by atoms with van der Waals surface area (Å²) in [6, 6.07) is 20.1. The fourth-order valence-electron chi connectivity index (χ4n) is 9.00. The zero-order valence-corrected chi connectivity index (χ0v) is 38.2. The lowest BCUT2D eigenvalue weighted by molar-refractivity contribution is -0.137. The van der Waals surface area contributed by atoms with Crippen molar-refractivity contribution in [2.45, 2.75) is 71.0 Å². The molecule has 3 N–H and O–H groups in total. The van der Waals surface area contributed by atoms with Crippen LogP contribution in [0.25, 0.3) is 27.7 Å². The first-order chi connectivity index (χ1) is 31.6. The molecule has 0 saturated carbocycles. The van der Waals surface area contributed by atoms with E-state index in [-0.39, 0.29) is 73.8 Å². The van der Waals surface area contributed by atoms with Crippen LogP contribution in [-0.4, -0.2) is 93.1 Å². The van der Waals surface area contributed by atoms with Crippen LogP contribution in [0.5, 0.6) is 0 Å². The minimum Gasteiger partial charge on any atom is -0.352 e. The highest BCUT2D eigenvalue weighted by Gasteiger charge is 2.40. The summed E-state index contributed by atoms with van der Waals surface area (Å²) in [6.45, 7) is 11.1. The Morgan fingerprint density at radius 3 is 2.42 bits per heavy atom. The van der Waals surface area contributed by atoms with Gasteiger partial charge >= 0.3 is 5.69 Å². The van der Waals surface area contributed by atoms with Crippen molar-refractivity contribution in [1.29, 1.82) is 0 Å². The van der Waals surface area contributed by atoms with E-state index in [0.29, 0.717) is 97.6 Å². The second-order valence-corrected chi connectivity index (χ2v) is 17.8. The van der Waals surface area contributed by atoms with E-state index in [1.165, 1.54) is 15.5 Å². The van der Waals surface area contributed by atoms with Gasteiger partial charge in [0.15, 0.2) is 0 Å². The van der Waals surface area contributed by atoms with Crippen molar-refractivity contribution in [3.63, 3.8) is 0 Å². The molecule has 15 nitrogen and oxygen atoms in total. The van der Waals surface area contributed by atoms with Crippen molar-refractivity contribution in [1.82, 2.24) is 30.0 Å². The van der Waals surface area contributed by atoms with Gasteiger partial charge in [-0.05, 0) is 85.9 Å². The molecule has 66 heavy (non-hydrogen) atoms. The minimum absolute atomic E-state index is 0.0749. The van der Waals surface area contributed by atoms with Crippen molar-refractivity contribution in [3.8, 4) is 16.8 Å². The zero-order chi connectivity index (χ0) is 47.0. The van der Waals surface area contributed by atoms with E-state index in [1.807, 2.05) is 49.9 Å². The highest BCUT2D eigenvalue weighted by Crippen LogP contribution is 2.40. The monoisotopic (exact) mass is 930 g/mol. The van der Waals surface area contributed by atoms with Crippen LogP contribution in [0, 0.1) is 0 Å². The summed E-state index contributed by atoms with van der Waals surface area (Å²) in [7, 11) is 0. The van der Waals surface area contributed by atoms with E-state index in [9.17, 15) is 33.6 Å².